The van der Waals surface area contributed by atoms with Crippen molar-refractivity contribution in [3.8, 4) is 0 Å². The van der Waals surface area contributed by atoms with Gasteiger partial charge in [0.25, 0.3) is 0 Å². The normalized spacial score (nSPS) is 24.9. The molecule has 0 spiro atoms. The van der Waals surface area contributed by atoms with Gasteiger partial charge in [-0.1, -0.05) is 0 Å². The summed E-state index contributed by atoms with van der Waals surface area (Å²) in [5.41, 5.74) is 5.25. The van der Waals surface area contributed by atoms with Gasteiger partial charge in [-0.2, -0.15) is 0 Å². The average molecular weight is 462 g/mol. The fourth-order valence-corrected chi connectivity index (χ4v) is 4.47. The summed E-state index contributed by atoms with van der Waals surface area (Å²) in [5, 5.41) is 2.63. The van der Waals surface area contributed by atoms with Crippen molar-refractivity contribution in [2.75, 3.05) is 63.2 Å². The standard InChI is InChI=1S/C23H32FN5O4/c1-15(30)25-10-17-12-29(23(31)33-17)16-5-6-22(21(24)9-16)28-13-19-18(20(19)14-28)11-26-32-8-4-7-27(2)3/h5-6,9,11,17,19-20,26H,4,7-8,10,12-14H2,1-3H3,(H,25,30)/t17-,19-,20+/m0/s1. The van der Waals surface area contributed by atoms with Crippen LogP contribution in [-0.4, -0.2) is 76.4 Å². The van der Waals surface area contributed by atoms with Gasteiger partial charge in [0.15, 0.2) is 0 Å². The van der Waals surface area contributed by atoms with Crippen molar-refractivity contribution in [1.29, 1.82) is 0 Å². The van der Waals surface area contributed by atoms with Gasteiger partial charge in [-0.25, -0.2) is 9.18 Å². The highest BCUT2D eigenvalue weighted by atomic mass is 19.1. The molecule has 33 heavy (non-hydrogen) atoms. The first kappa shape index (κ1) is 23.3. The van der Waals surface area contributed by atoms with Gasteiger partial charge in [0.2, 0.25) is 5.91 Å². The number of benzene rings is 1. The molecular weight excluding hydrogens is 429 g/mol. The number of amides is 2. The first-order valence-corrected chi connectivity index (χ1v) is 11.3. The summed E-state index contributed by atoms with van der Waals surface area (Å²) in [7, 11) is 4.07. The van der Waals surface area contributed by atoms with E-state index in [0.717, 1.165) is 26.1 Å². The zero-order valence-electron chi connectivity index (χ0n) is 19.3. The number of cyclic esters (lactones) is 1. The van der Waals surface area contributed by atoms with Crippen molar-refractivity contribution in [2.24, 2.45) is 11.8 Å². The minimum absolute atomic E-state index is 0.190. The van der Waals surface area contributed by atoms with E-state index in [1.807, 2.05) is 25.2 Å². The minimum Gasteiger partial charge on any atom is -0.442 e. The van der Waals surface area contributed by atoms with Crippen LogP contribution in [0.25, 0.3) is 0 Å². The summed E-state index contributed by atoms with van der Waals surface area (Å²) < 4.78 is 20.2. The molecule has 0 unspecified atom stereocenters. The van der Waals surface area contributed by atoms with Crippen LogP contribution in [-0.2, 0) is 14.4 Å². The summed E-state index contributed by atoms with van der Waals surface area (Å²) in [5.74, 6) is 0.291. The molecule has 0 bridgehead atoms. The second kappa shape index (κ2) is 9.96. The van der Waals surface area contributed by atoms with Gasteiger partial charge in [-0.3, -0.25) is 20.0 Å². The molecule has 3 fully saturated rings. The molecule has 3 atom stereocenters. The van der Waals surface area contributed by atoms with E-state index in [1.165, 1.54) is 23.5 Å². The van der Waals surface area contributed by atoms with Gasteiger partial charge >= 0.3 is 6.09 Å². The summed E-state index contributed by atoms with van der Waals surface area (Å²) in [6.45, 7) is 5.07. The van der Waals surface area contributed by atoms with E-state index in [2.05, 4.69) is 15.7 Å². The van der Waals surface area contributed by atoms with Crippen molar-refractivity contribution in [3.05, 3.63) is 35.8 Å². The largest absolute Gasteiger partial charge is 0.442 e. The molecule has 1 aliphatic carbocycles. The highest BCUT2D eigenvalue weighted by molar-refractivity contribution is 5.90. The number of carbonyl (C=O) groups is 2. The molecule has 2 saturated heterocycles. The molecule has 180 valence electrons. The number of fused-ring (bicyclic) bond motifs is 1. The first-order chi connectivity index (χ1) is 15.8. The highest BCUT2D eigenvalue weighted by Gasteiger charge is 2.51. The third-order valence-electron chi connectivity index (χ3n) is 6.26. The summed E-state index contributed by atoms with van der Waals surface area (Å²) in [6, 6.07) is 4.84. The molecule has 10 heteroatoms. The Morgan fingerprint density at radius 1 is 1.30 bits per heavy atom. The number of carbonyl (C=O) groups excluding carboxylic acids is 2. The van der Waals surface area contributed by atoms with Crippen molar-refractivity contribution in [2.45, 2.75) is 19.4 Å². The Bertz CT molecular complexity index is 910. The number of halogens is 1. The lowest BCUT2D eigenvalue weighted by Gasteiger charge is -2.22. The number of anilines is 2. The van der Waals surface area contributed by atoms with E-state index in [9.17, 15) is 14.0 Å². The van der Waals surface area contributed by atoms with Gasteiger partial charge in [0, 0.05) is 38.0 Å². The van der Waals surface area contributed by atoms with Gasteiger partial charge in [0.1, 0.15) is 11.9 Å². The van der Waals surface area contributed by atoms with E-state index in [1.54, 1.807) is 12.1 Å². The summed E-state index contributed by atoms with van der Waals surface area (Å²) in [6.07, 6.45) is 1.92. The number of piperidine rings is 1. The zero-order valence-corrected chi connectivity index (χ0v) is 19.3. The van der Waals surface area contributed by atoms with Gasteiger partial charge in [0.05, 0.1) is 31.1 Å². The number of ether oxygens (including phenoxy) is 1. The number of nitrogens with zero attached hydrogens (tertiary/aromatic N) is 3. The minimum atomic E-state index is -0.536. The maximum absolute atomic E-state index is 14.9. The quantitative estimate of drug-likeness (QED) is 0.405. The number of hydroxylamine groups is 1. The fraction of sp³-hybridized carbons (Fsp3) is 0.565. The van der Waals surface area contributed by atoms with Crippen LogP contribution in [0.3, 0.4) is 0 Å². The Labute approximate surface area is 193 Å². The lowest BCUT2D eigenvalue weighted by atomic mass is 10.2. The van der Waals surface area contributed by atoms with Crippen LogP contribution in [0.1, 0.15) is 13.3 Å². The van der Waals surface area contributed by atoms with Gasteiger partial charge < -0.3 is 19.9 Å². The molecule has 2 N–H and O–H groups in total. The number of nitrogens with one attached hydrogen (secondary N) is 2. The van der Waals surface area contributed by atoms with E-state index in [4.69, 9.17) is 9.57 Å². The van der Waals surface area contributed by atoms with E-state index >= 15 is 0 Å². The van der Waals surface area contributed by atoms with Crippen molar-refractivity contribution < 1.29 is 23.6 Å². The second-order valence-electron chi connectivity index (χ2n) is 9.07. The Morgan fingerprint density at radius 2 is 2.06 bits per heavy atom. The predicted molar refractivity (Wildman–Crippen MR) is 122 cm³/mol. The van der Waals surface area contributed by atoms with Gasteiger partial charge in [-0.05, 0) is 50.8 Å². The monoisotopic (exact) mass is 461 g/mol. The van der Waals surface area contributed by atoms with Crippen LogP contribution in [0.4, 0.5) is 20.6 Å². The van der Waals surface area contributed by atoms with Crippen LogP contribution >= 0.6 is 0 Å². The lowest BCUT2D eigenvalue weighted by Crippen LogP contribution is -2.33. The van der Waals surface area contributed by atoms with Crippen LogP contribution < -0.4 is 20.6 Å². The first-order valence-electron chi connectivity index (χ1n) is 11.3. The van der Waals surface area contributed by atoms with Crippen LogP contribution in [0, 0.1) is 17.7 Å². The van der Waals surface area contributed by atoms with Crippen molar-refractivity contribution >= 4 is 23.4 Å². The number of hydrogen-bond acceptors (Lipinski definition) is 7. The molecule has 0 aromatic heterocycles. The Hall–Kier alpha value is -2.85. The smallest absolute Gasteiger partial charge is 0.414 e. The summed E-state index contributed by atoms with van der Waals surface area (Å²) >= 11 is 0. The molecule has 2 amide bonds. The maximum atomic E-state index is 14.9. The van der Waals surface area contributed by atoms with Crippen LogP contribution in [0.15, 0.2) is 30.0 Å². The topological polar surface area (TPSA) is 86.4 Å². The van der Waals surface area contributed by atoms with Crippen molar-refractivity contribution in [3.63, 3.8) is 0 Å². The Morgan fingerprint density at radius 3 is 2.73 bits per heavy atom. The van der Waals surface area contributed by atoms with E-state index < -0.39 is 12.2 Å². The molecular formula is C23H32FN5O4. The zero-order chi connectivity index (χ0) is 23.5. The van der Waals surface area contributed by atoms with E-state index in [0.29, 0.717) is 29.8 Å². The van der Waals surface area contributed by atoms with Crippen LogP contribution in [0.2, 0.25) is 0 Å². The third-order valence-corrected chi connectivity index (χ3v) is 6.26. The molecule has 0 radical (unpaired) electrons. The molecule has 3 aliphatic rings. The average Bonchev–Trinajstić information content (AvgIpc) is 3.08. The summed E-state index contributed by atoms with van der Waals surface area (Å²) in [4.78, 5) is 34.2. The second-order valence-corrected chi connectivity index (χ2v) is 9.07. The van der Waals surface area contributed by atoms with Crippen LogP contribution in [0.5, 0.6) is 0 Å². The SMILES string of the molecule is CC(=O)NC[C@H]1CN(c2ccc(N3C[C@@H]4C(=CNOCCCN(C)C)[C@@H]4C3)c(F)c2)C(=O)O1. The lowest BCUT2D eigenvalue weighted by molar-refractivity contribution is -0.119. The maximum Gasteiger partial charge on any atom is 0.414 e. The Balaban J connectivity index is 1.26. The molecule has 1 aromatic rings. The molecule has 2 heterocycles. The highest BCUT2D eigenvalue weighted by Crippen LogP contribution is 2.52. The molecule has 2 aliphatic heterocycles. The predicted octanol–water partition coefficient (Wildman–Crippen LogP) is 1.71. The van der Waals surface area contributed by atoms with E-state index in [-0.39, 0.29) is 24.8 Å². The molecule has 1 saturated carbocycles. The number of hydrogen-bond donors (Lipinski definition) is 2. The molecule has 1 aromatic carbocycles. The number of rotatable bonds is 10. The molecule has 4 rings (SSSR count). The third kappa shape index (κ3) is 5.56. The van der Waals surface area contributed by atoms with Gasteiger partial charge in [-0.15, -0.1) is 0 Å². The Kier molecular flexibility index (Phi) is 7.04. The van der Waals surface area contributed by atoms with Crippen molar-refractivity contribution in [1.82, 2.24) is 15.7 Å². The molecule has 9 nitrogen and oxygen atoms in total. The fourth-order valence-electron chi connectivity index (χ4n) is 4.47.